The maximum absolute atomic E-state index is 10.1. The predicted molar refractivity (Wildman–Crippen MR) is 95.0 cm³/mol. The standard InChI is InChI=1S/C16H18O2.ClH4O3P/c1-9-5-11(3)15(13(17)7-9)16-12(4)6-10(2)8-14(16)18;1-5(2,3)4/h5-8,17-18H,1-4H3;2-5H. The van der Waals surface area contributed by atoms with Crippen LogP contribution in [-0.4, -0.2) is 24.9 Å². The van der Waals surface area contributed by atoms with Crippen molar-refractivity contribution in [3.05, 3.63) is 46.5 Å². The quantitative estimate of drug-likeness (QED) is 0.500. The van der Waals surface area contributed by atoms with E-state index in [9.17, 15) is 10.2 Å². The summed E-state index contributed by atoms with van der Waals surface area (Å²) in [6, 6.07) is 7.46. The van der Waals surface area contributed by atoms with Gasteiger partial charge < -0.3 is 10.2 Å². The molecule has 0 aliphatic rings. The fourth-order valence-corrected chi connectivity index (χ4v) is 2.54. The van der Waals surface area contributed by atoms with Crippen LogP contribution in [-0.2, 0) is 0 Å². The zero-order valence-corrected chi connectivity index (χ0v) is 15.2. The molecule has 128 valence electrons. The Kier molecular flexibility index (Phi) is 6.40. The molecule has 5 nitrogen and oxygen atoms in total. The van der Waals surface area contributed by atoms with Crippen LogP contribution in [0.25, 0.3) is 11.1 Å². The molecule has 0 aliphatic carbocycles. The second-order valence-electron chi connectivity index (χ2n) is 5.51. The molecule has 0 aliphatic heterocycles. The molecule has 0 saturated heterocycles. The third-order valence-electron chi connectivity index (χ3n) is 3.17. The van der Waals surface area contributed by atoms with Crippen LogP contribution in [0.4, 0.5) is 0 Å². The van der Waals surface area contributed by atoms with Crippen LogP contribution in [0.2, 0.25) is 0 Å². The molecule has 7 heteroatoms. The van der Waals surface area contributed by atoms with E-state index in [1.165, 1.54) is 0 Å². The number of benzene rings is 2. The Balaban J connectivity index is 0.000000463. The molecular weight excluding hydrogens is 339 g/mol. The van der Waals surface area contributed by atoms with Crippen LogP contribution in [0.1, 0.15) is 22.3 Å². The van der Waals surface area contributed by atoms with Crippen LogP contribution < -0.4 is 0 Å². The number of aromatic hydroxyl groups is 2. The summed E-state index contributed by atoms with van der Waals surface area (Å²) in [5.41, 5.74) is 5.40. The van der Waals surface area contributed by atoms with Gasteiger partial charge in [-0.2, -0.15) is 0 Å². The van der Waals surface area contributed by atoms with E-state index >= 15 is 0 Å². The van der Waals surface area contributed by atoms with Gasteiger partial charge in [0, 0.05) is 11.1 Å². The van der Waals surface area contributed by atoms with Crippen LogP contribution in [0.15, 0.2) is 24.3 Å². The van der Waals surface area contributed by atoms with Gasteiger partial charge in [-0.25, -0.2) is 0 Å². The number of phenolic OH excluding ortho intramolecular Hbond substituents is 2. The summed E-state index contributed by atoms with van der Waals surface area (Å²) in [5.74, 6) is 0.435. The van der Waals surface area contributed by atoms with Gasteiger partial charge in [-0.3, -0.25) is 0 Å². The SMILES string of the molecule is Cc1cc(C)c(-c2c(C)cc(C)cc2O)c(O)c1.O[PH](O)(O)Cl. The van der Waals surface area contributed by atoms with Crippen molar-refractivity contribution >= 4 is 18.5 Å². The van der Waals surface area contributed by atoms with Gasteiger partial charge in [-0.1, -0.05) is 12.1 Å². The van der Waals surface area contributed by atoms with E-state index in [2.05, 4.69) is 11.2 Å². The zero-order valence-electron chi connectivity index (χ0n) is 13.4. The van der Waals surface area contributed by atoms with E-state index in [0.29, 0.717) is 0 Å². The van der Waals surface area contributed by atoms with Crippen molar-refractivity contribution in [1.29, 1.82) is 0 Å². The molecule has 0 atom stereocenters. The zero-order chi connectivity index (χ0) is 17.9. The number of phenols is 2. The van der Waals surface area contributed by atoms with Gasteiger partial charge in [0.25, 0.3) is 0 Å². The Hall–Kier alpha value is -1.36. The molecular formula is C16H22ClO5P. The fraction of sp³-hybridized carbons (Fsp3) is 0.250. The van der Waals surface area contributed by atoms with E-state index in [1.54, 1.807) is 12.1 Å². The molecule has 0 saturated carbocycles. The van der Waals surface area contributed by atoms with Gasteiger partial charge >= 0.3 is 33.2 Å². The molecule has 0 fully saturated rings. The van der Waals surface area contributed by atoms with Crippen molar-refractivity contribution in [2.75, 3.05) is 0 Å². The number of aryl methyl sites for hydroxylation is 4. The molecule has 0 heterocycles. The summed E-state index contributed by atoms with van der Waals surface area (Å²) in [6.07, 6.45) is 0. The summed E-state index contributed by atoms with van der Waals surface area (Å²) in [7, 11) is -4.14. The van der Waals surface area contributed by atoms with Crippen molar-refractivity contribution in [3.8, 4) is 22.6 Å². The Bertz CT molecular complexity index is 603. The average molecular weight is 361 g/mol. The normalized spacial score (nSPS) is 11.7. The summed E-state index contributed by atoms with van der Waals surface area (Å²) < 4.78 is 0. The summed E-state index contributed by atoms with van der Waals surface area (Å²) in [4.78, 5) is 22.6. The molecule has 2 rings (SSSR count). The summed E-state index contributed by atoms with van der Waals surface area (Å²) in [6.45, 7) is 7.78. The van der Waals surface area contributed by atoms with Gasteiger partial charge in [0.15, 0.2) is 0 Å². The van der Waals surface area contributed by atoms with Crippen LogP contribution in [0.3, 0.4) is 0 Å². The fourth-order valence-electron chi connectivity index (χ4n) is 2.54. The van der Waals surface area contributed by atoms with Crippen LogP contribution in [0.5, 0.6) is 11.5 Å². The molecule has 0 radical (unpaired) electrons. The average Bonchev–Trinajstić information content (AvgIpc) is 2.28. The first-order valence-corrected chi connectivity index (χ1v) is 9.72. The third kappa shape index (κ3) is 5.98. The first-order chi connectivity index (χ1) is 10.4. The summed E-state index contributed by atoms with van der Waals surface area (Å²) in [5, 5.41) is 20.3. The van der Waals surface area contributed by atoms with Gasteiger partial charge in [0.05, 0.1) is 0 Å². The number of hydrogen-bond donors (Lipinski definition) is 5. The van der Waals surface area contributed by atoms with Crippen molar-refractivity contribution in [3.63, 3.8) is 0 Å². The van der Waals surface area contributed by atoms with Gasteiger partial charge in [0.2, 0.25) is 0 Å². The topological polar surface area (TPSA) is 101 Å². The molecule has 0 amide bonds. The maximum atomic E-state index is 10.1. The molecule has 0 bridgehead atoms. The van der Waals surface area contributed by atoms with Crippen LogP contribution >= 0.6 is 18.5 Å². The minimum atomic E-state index is -4.14. The molecule has 0 aromatic heterocycles. The molecule has 2 aromatic rings. The second-order valence-corrected chi connectivity index (χ2v) is 8.13. The minimum absolute atomic E-state index is 0.217. The van der Waals surface area contributed by atoms with Gasteiger partial charge in [0.1, 0.15) is 11.5 Å². The third-order valence-corrected chi connectivity index (χ3v) is 3.17. The van der Waals surface area contributed by atoms with E-state index in [4.69, 9.17) is 14.7 Å². The van der Waals surface area contributed by atoms with Crippen LogP contribution in [0, 0.1) is 27.7 Å². The molecule has 23 heavy (non-hydrogen) atoms. The van der Waals surface area contributed by atoms with Crippen molar-refractivity contribution < 1.29 is 24.9 Å². The van der Waals surface area contributed by atoms with Gasteiger partial charge in [-0.15, -0.1) is 0 Å². The van der Waals surface area contributed by atoms with E-state index in [-0.39, 0.29) is 11.5 Å². The Morgan fingerprint density at radius 3 is 1.17 bits per heavy atom. The number of hydrogen-bond acceptors (Lipinski definition) is 5. The van der Waals surface area contributed by atoms with Crippen molar-refractivity contribution in [1.82, 2.24) is 0 Å². The number of rotatable bonds is 1. The molecule has 0 unspecified atom stereocenters. The van der Waals surface area contributed by atoms with E-state index < -0.39 is 7.30 Å². The van der Waals surface area contributed by atoms with Crippen molar-refractivity contribution in [2.45, 2.75) is 27.7 Å². The first kappa shape index (κ1) is 19.7. The van der Waals surface area contributed by atoms with Crippen molar-refractivity contribution in [2.24, 2.45) is 0 Å². The predicted octanol–water partition coefficient (Wildman–Crippen LogP) is 3.61. The second kappa shape index (κ2) is 7.47. The molecule has 2 aromatic carbocycles. The molecule has 0 spiro atoms. The molecule has 5 N–H and O–H groups in total. The van der Waals surface area contributed by atoms with E-state index in [1.807, 2.05) is 39.8 Å². The van der Waals surface area contributed by atoms with Gasteiger partial charge in [-0.05, 0) is 62.1 Å². The Morgan fingerprint density at radius 2 is 0.957 bits per heavy atom. The van der Waals surface area contributed by atoms with E-state index in [0.717, 1.165) is 33.4 Å². The summed E-state index contributed by atoms with van der Waals surface area (Å²) >= 11 is 4.34. The monoisotopic (exact) mass is 360 g/mol. The number of halogens is 1. The Morgan fingerprint density at radius 1 is 0.696 bits per heavy atom. The Labute approximate surface area is 140 Å². The first-order valence-electron chi connectivity index (χ1n) is 6.87.